The lowest BCUT2D eigenvalue weighted by Crippen LogP contribution is -2.33. The van der Waals surface area contributed by atoms with Gasteiger partial charge in [-0.1, -0.05) is 0 Å². The van der Waals surface area contributed by atoms with Crippen molar-refractivity contribution in [1.29, 1.82) is 0 Å². The summed E-state index contributed by atoms with van der Waals surface area (Å²) in [5.41, 5.74) is 3.94. The maximum Gasteiger partial charge on any atom is 0.260 e. The number of carbonyl (C=O) groups excluding carboxylic acids is 2. The van der Waals surface area contributed by atoms with Gasteiger partial charge in [-0.2, -0.15) is 10.2 Å². The number of pyridine rings is 1. The van der Waals surface area contributed by atoms with Gasteiger partial charge in [0.2, 0.25) is 0 Å². The number of aryl methyl sites for hydroxylation is 3. The fourth-order valence-corrected chi connectivity index (χ4v) is 5.44. The molecule has 11 heteroatoms. The van der Waals surface area contributed by atoms with Crippen LogP contribution >= 0.6 is 11.3 Å². The zero-order chi connectivity index (χ0) is 24.5. The summed E-state index contributed by atoms with van der Waals surface area (Å²) in [7, 11) is 1.88. The van der Waals surface area contributed by atoms with E-state index in [1.54, 1.807) is 28.4 Å². The van der Waals surface area contributed by atoms with Gasteiger partial charge in [-0.3, -0.25) is 19.3 Å². The molecule has 182 valence electrons. The molecule has 1 aliphatic rings. The Morgan fingerprint density at radius 3 is 2.63 bits per heavy atom. The molecule has 1 saturated heterocycles. The van der Waals surface area contributed by atoms with Crippen LogP contribution in [-0.4, -0.2) is 67.3 Å². The van der Waals surface area contributed by atoms with E-state index in [9.17, 15) is 9.59 Å². The predicted molar refractivity (Wildman–Crippen MR) is 135 cm³/mol. The van der Waals surface area contributed by atoms with Crippen molar-refractivity contribution in [3.05, 3.63) is 53.4 Å². The Bertz CT molecular complexity index is 1400. The summed E-state index contributed by atoms with van der Waals surface area (Å²) in [6, 6.07) is 1.67. The van der Waals surface area contributed by atoms with E-state index in [2.05, 4.69) is 30.7 Å². The minimum atomic E-state index is -0.298. The molecule has 0 bridgehead atoms. The average Bonchev–Trinajstić information content (AvgIpc) is 3.60. The lowest BCUT2D eigenvalue weighted by atomic mass is 10.2. The predicted octanol–water partition coefficient (Wildman–Crippen LogP) is 2.89. The minimum Gasteiger partial charge on any atom is -0.351 e. The van der Waals surface area contributed by atoms with Crippen LogP contribution in [0.3, 0.4) is 0 Å². The van der Waals surface area contributed by atoms with E-state index in [4.69, 9.17) is 0 Å². The molecule has 4 aromatic heterocycles. The molecular weight excluding hydrogens is 464 g/mol. The highest BCUT2D eigenvalue weighted by Gasteiger charge is 2.19. The van der Waals surface area contributed by atoms with Crippen LogP contribution in [0.25, 0.3) is 15.3 Å². The van der Waals surface area contributed by atoms with Gasteiger partial charge in [0.1, 0.15) is 4.83 Å². The summed E-state index contributed by atoms with van der Waals surface area (Å²) in [5.74, 6) is -0.498. The summed E-state index contributed by atoms with van der Waals surface area (Å²) in [4.78, 5) is 34.2. The molecular formula is C24H28N8O2S. The smallest absolute Gasteiger partial charge is 0.260 e. The van der Waals surface area contributed by atoms with Gasteiger partial charge in [-0.15, -0.1) is 11.3 Å². The third-order valence-corrected chi connectivity index (χ3v) is 7.37. The summed E-state index contributed by atoms with van der Waals surface area (Å²) in [6.45, 7) is 7.36. The number of likely N-dealkylation sites (tertiary alicyclic amines) is 1. The minimum absolute atomic E-state index is 0.199. The number of nitrogens with one attached hydrogen (secondary N) is 2. The van der Waals surface area contributed by atoms with Crippen LogP contribution in [0.4, 0.5) is 5.69 Å². The number of rotatable bonds is 7. The molecule has 0 aliphatic carbocycles. The van der Waals surface area contributed by atoms with Gasteiger partial charge in [0.05, 0.1) is 39.3 Å². The fraction of sp³-hybridized carbons (Fsp3) is 0.375. The number of aromatic nitrogens is 5. The molecule has 10 nitrogen and oxygen atoms in total. The fourth-order valence-electron chi connectivity index (χ4n) is 4.32. The molecule has 0 atom stereocenters. The Labute approximate surface area is 207 Å². The summed E-state index contributed by atoms with van der Waals surface area (Å²) < 4.78 is 3.47. The summed E-state index contributed by atoms with van der Waals surface area (Å²) in [5, 5.41) is 14.6. The van der Waals surface area contributed by atoms with Crippen LogP contribution in [0.5, 0.6) is 0 Å². The third kappa shape index (κ3) is 4.82. The van der Waals surface area contributed by atoms with Gasteiger partial charge in [0, 0.05) is 44.3 Å². The molecule has 5 rings (SSSR count). The first-order chi connectivity index (χ1) is 16.9. The van der Waals surface area contributed by atoms with Crippen LogP contribution in [0.15, 0.2) is 30.9 Å². The molecule has 5 heterocycles. The second kappa shape index (κ2) is 9.59. The normalized spacial score (nSPS) is 14.0. The monoisotopic (exact) mass is 492 g/mol. The standard InChI is InChI=1S/C24H28N8O2S/c1-15-19(13-30(3)29-15)21-14-32-24(35-21)18(12-27-32)23(34)28-20-10-17(11-26-16(20)2)22(33)25-6-9-31-7-4-5-8-31/h10-14H,4-9H2,1-3H3,(H,25,33)(H,28,34). The van der Waals surface area contributed by atoms with Gasteiger partial charge in [-0.25, -0.2) is 4.52 Å². The van der Waals surface area contributed by atoms with Crippen LogP contribution < -0.4 is 10.6 Å². The third-order valence-electron chi connectivity index (χ3n) is 6.23. The van der Waals surface area contributed by atoms with Gasteiger partial charge >= 0.3 is 0 Å². The highest BCUT2D eigenvalue weighted by molar-refractivity contribution is 7.21. The second-order valence-electron chi connectivity index (χ2n) is 8.82. The Hall–Kier alpha value is -3.57. The number of nitrogens with zero attached hydrogens (tertiary/aromatic N) is 6. The second-order valence-corrected chi connectivity index (χ2v) is 9.85. The highest BCUT2D eigenvalue weighted by atomic mass is 32.1. The Morgan fingerprint density at radius 2 is 1.89 bits per heavy atom. The SMILES string of the molecule is Cc1ncc(C(=O)NCCN2CCCC2)cc1NC(=O)c1cnn2cc(-c3cn(C)nc3C)sc12. The Balaban J connectivity index is 1.30. The van der Waals surface area contributed by atoms with Crippen LogP contribution in [0.1, 0.15) is 44.9 Å². The number of hydrogen-bond donors (Lipinski definition) is 2. The molecule has 1 fully saturated rings. The van der Waals surface area contributed by atoms with Gasteiger partial charge in [-0.05, 0) is 45.8 Å². The number of thiazole rings is 1. The van der Waals surface area contributed by atoms with E-state index < -0.39 is 0 Å². The van der Waals surface area contributed by atoms with Crippen LogP contribution in [0, 0.1) is 13.8 Å². The summed E-state index contributed by atoms with van der Waals surface area (Å²) in [6.07, 6.45) is 9.39. The number of anilines is 1. The topological polar surface area (TPSA) is 109 Å². The molecule has 2 N–H and O–H groups in total. The zero-order valence-corrected chi connectivity index (χ0v) is 20.9. The van der Waals surface area contributed by atoms with E-state index in [0.29, 0.717) is 29.1 Å². The van der Waals surface area contributed by atoms with Gasteiger partial charge in [0.25, 0.3) is 11.8 Å². The lowest BCUT2D eigenvalue weighted by Gasteiger charge is -2.15. The van der Waals surface area contributed by atoms with E-state index in [-0.39, 0.29) is 11.8 Å². The van der Waals surface area contributed by atoms with Crippen molar-refractivity contribution < 1.29 is 9.59 Å². The Morgan fingerprint density at radius 1 is 1.09 bits per heavy atom. The van der Waals surface area contributed by atoms with E-state index in [0.717, 1.165) is 40.6 Å². The molecule has 2 amide bonds. The van der Waals surface area contributed by atoms with Crippen molar-refractivity contribution in [3.8, 4) is 10.4 Å². The highest BCUT2D eigenvalue weighted by Crippen LogP contribution is 2.32. The largest absolute Gasteiger partial charge is 0.351 e. The van der Waals surface area contributed by atoms with Gasteiger partial charge < -0.3 is 15.5 Å². The first-order valence-electron chi connectivity index (χ1n) is 11.7. The zero-order valence-electron chi connectivity index (χ0n) is 20.0. The Kier molecular flexibility index (Phi) is 6.35. The molecule has 0 unspecified atom stereocenters. The lowest BCUT2D eigenvalue weighted by molar-refractivity contribution is 0.0948. The molecule has 0 aromatic carbocycles. The van der Waals surface area contributed by atoms with Crippen molar-refractivity contribution >= 4 is 33.7 Å². The van der Waals surface area contributed by atoms with Crippen molar-refractivity contribution in [2.24, 2.45) is 7.05 Å². The molecule has 4 aromatic rings. The van der Waals surface area contributed by atoms with Crippen molar-refractivity contribution in [2.45, 2.75) is 26.7 Å². The summed E-state index contributed by atoms with van der Waals surface area (Å²) >= 11 is 1.48. The molecule has 0 saturated carbocycles. The molecule has 35 heavy (non-hydrogen) atoms. The maximum absolute atomic E-state index is 13.2. The average molecular weight is 493 g/mol. The van der Waals surface area contributed by atoms with E-state index in [1.165, 1.54) is 30.4 Å². The quantitative estimate of drug-likeness (QED) is 0.411. The van der Waals surface area contributed by atoms with Crippen molar-refractivity contribution in [3.63, 3.8) is 0 Å². The van der Waals surface area contributed by atoms with Crippen molar-refractivity contribution in [1.82, 2.24) is 34.6 Å². The molecule has 0 radical (unpaired) electrons. The van der Waals surface area contributed by atoms with Crippen molar-refractivity contribution in [2.75, 3.05) is 31.5 Å². The van der Waals surface area contributed by atoms with Gasteiger partial charge in [0.15, 0.2) is 0 Å². The van der Waals surface area contributed by atoms with E-state index >= 15 is 0 Å². The molecule has 1 aliphatic heterocycles. The maximum atomic E-state index is 13.2. The number of carbonyl (C=O) groups is 2. The number of hydrogen-bond acceptors (Lipinski definition) is 7. The van der Waals surface area contributed by atoms with Crippen LogP contribution in [0.2, 0.25) is 0 Å². The van der Waals surface area contributed by atoms with Crippen LogP contribution in [-0.2, 0) is 7.05 Å². The van der Waals surface area contributed by atoms with E-state index in [1.807, 2.05) is 26.4 Å². The number of fused-ring (bicyclic) bond motifs is 1. The first kappa shape index (κ1) is 23.2. The first-order valence-corrected chi connectivity index (χ1v) is 12.5. The molecule has 0 spiro atoms. The number of amides is 2.